The number of carbonyl (C=O) groups is 1. The van der Waals surface area contributed by atoms with Crippen LogP contribution in [0.4, 0.5) is 17.6 Å². The number of alkyl halides is 3. The second-order valence-corrected chi connectivity index (χ2v) is 11.2. The van der Waals surface area contributed by atoms with Crippen LogP contribution in [0.3, 0.4) is 0 Å². The number of aliphatic hydroxyl groups is 1. The van der Waals surface area contributed by atoms with Crippen molar-refractivity contribution >= 4 is 5.91 Å². The zero-order chi connectivity index (χ0) is 32.1. The minimum Gasteiger partial charge on any atom is -0.493 e. The highest BCUT2D eigenvalue weighted by molar-refractivity contribution is 5.93. The Hall–Kier alpha value is -3.47. The molecule has 0 heterocycles. The molecule has 0 spiro atoms. The Morgan fingerprint density at radius 2 is 1.82 bits per heavy atom. The summed E-state index contributed by atoms with van der Waals surface area (Å²) in [5, 5.41) is 13.3. The summed E-state index contributed by atoms with van der Waals surface area (Å²) in [6.45, 7) is 7.38. The average Bonchev–Trinajstić information content (AvgIpc) is 2.95. The van der Waals surface area contributed by atoms with Crippen molar-refractivity contribution in [3.8, 4) is 5.75 Å². The number of rotatable bonds is 18. The van der Waals surface area contributed by atoms with Crippen LogP contribution < -0.4 is 15.8 Å². The van der Waals surface area contributed by atoms with E-state index in [1.807, 2.05) is 13.0 Å². The molecule has 0 aliphatic heterocycles. The highest BCUT2D eigenvalue weighted by atomic mass is 19.4. The molecule has 0 unspecified atom stereocenters. The van der Waals surface area contributed by atoms with Crippen molar-refractivity contribution in [2.75, 3.05) is 26.2 Å². The summed E-state index contributed by atoms with van der Waals surface area (Å²) in [6.07, 6.45) is -1.71. The molecule has 0 aliphatic carbocycles. The van der Waals surface area contributed by atoms with Gasteiger partial charge < -0.3 is 20.9 Å². The van der Waals surface area contributed by atoms with Gasteiger partial charge in [-0.2, -0.15) is 13.2 Å². The summed E-state index contributed by atoms with van der Waals surface area (Å²) in [5.74, 6) is -0.422. The molecule has 3 rings (SSSR count). The van der Waals surface area contributed by atoms with E-state index in [0.717, 1.165) is 62.2 Å². The summed E-state index contributed by atoms with van der Waals surface area (Å²) in [7, 11) is 0. The molecule has 1 atom stereocenters. The largest absolute Gasteiger partial charge is 0.493 e. The molecular formula is C34H43F4N3O3. The van der Waals surface area contributed by atoms with E-state index in [2.05, 4.69) is 23.2 Å². The van der Waals surface area contributed by atoms with E-state index < -0.39 is 29.6 Å². The SMILES string of the molecule is CCCN(CCCCOc1cc(F)cc(CC[C@H](O)CNCc2cccc(C(F)(F)F)c2)c1)Cc1cc(C)cc(C(N)=O)c1. The number of hydrogen-bond acceptors (Lipinski definition) is 5. The van der Waals surface area contributed by atoms with Crippen molar-refractivity contribution in [1.82, 2.24) is 10.2 Å². The molecule has 3 aromatic rings. The summed E-state index contributed by atoms with van der Waals surface area (Å²) < 4.78 is 58.8. The first-order chi connectivity index (χ1) is 20.9. The van der Waals surface area contributed by atoms with Gasteiger partial charge in [-0.15, -0.1) is 0 Å². The summed E-state index contributed by atoms with van der Waals surface area (Å²) >= 11 is 0. The molecule has 0 saturated heterocycles. The Kier molecular flexibility index (Phi) is 13.6. The highest BCUT2D eigenvalue weighted by Gasteiger charge is 2.30. The molecule has 10 heteroatoms. The molecule has 3 aromatic carbocycles. The van der Waals surface area contributed by atoms with E-state index in [1.54, 1.807) is 18.2 Å². The van der Waals surface area contributed by atoms with Crippen LogP contribution in [0.2, 0.25) is 0 Å². The lowest BCUT2D eigenvalue weighted by Crippen LogP contribution is -2.27. The molecule has 6 nitrogen and oxygen atoms in total. The van der Waals surface area contributed by atoms with E-state index in [9.17, 15) is 27.5 Å². The monoisotopic (exact) mass is 617 g/mol. The van der Waals surface area contributed by atoms with E-state index >= 15 is 0 Å². The molecule has 0 radical (unpaired) electrons. The minimum absolute atomic E-state index is 0.192. The smallest absolute Gasteiger partial charge is 0.416 e. The fourth-order valence-corrected chi connectivity index (χ4v) is 5.09. The fraction of sp³-hybridized carbons (Fsp3) is 0.441. The minimum atomic E-state index is -4.40. The quantitative estimate of drug-likeness (QED) is 0.114. The molecule has 0 saturated carbocycles. The van der Waals surface area contributed by atoms with Crippen LogP contribution >= 0.6 is 0 Å². The number of nitrogens with two attached hydrogens (primary N) is 1. The number of benzene rings is 3. The number of nitrogens with zero attached hydrogens (tertiary/aromatic N) is 1. The molecule has 4 N–H and O–H groups in total. The zero-order valence-corrected chi connectivity index (χ0v) is 25.4. The maximum Gasteiger partial charge on any atom is 0.416 e. The van der Waals surface area contributed by atoms with E-state index in [1.165, 1.54) is 18.2 Å². The molecule has 44 heavy (non-hydrogen) atoms. The Bertz CT molecular complexity index is 1350. The number of halogens is 4. The number of primary amides is 1. The van der Waals surface area contributed by atoms with Gasteiger partial charge in [0, 0.05) is 31.3 Å². The van der Waals surface area contributed by atoms with Crippen LogP contribution in [0.15, 0.2) is 60.7 Å². The summed E-state index contributed by atoms with van der Waals surface area (Å²) in [4.78, 5) is 14.0. The first kappa shape index (κ1) is 35.0. The van der Waals surface area contributed by atoms with Crippen molar-refractivity contribution in [1.29, 1.82) is 0 Å². The van der Waals surface area contributed by atoms with Gasteiger partial charge in [0.2, 0.25) is 5.91 Å². The third kappa shape index (κ3) is 12.3. The number of carbonyl (C=O) groups excluding carboxylic acids is 1. The number of aryl methyl sites for hydroxylation is 2. The molecule has 240 valence electrons. The maximum absolute atomic E-state index is 14.3. The number of aliphatic hydroxyl groups excluding tert-OH is 1. The van der Waals surface area contributed by atoms with Crippen LogP contribution in [0, 0.1) is 12.7 Å². The number of unbranched alkanes of at least 4 members (excludes halogenated alkanes) is 1. The van der Waals surface area contributed by atoms with Crippen molar-refractivity contribution in [3.63, 3.8) is 0 Å². The van der Waals surface area contributed by atoms with Gasteiger partial charge in [0.05, 0.1) is 18.3 Å². The lowest BCUT2D eigenvalue weighted by molar-refractivity contribution is -0.137. The average molecular weight is 618 g/mol. The third-order valence-electron chi connectivity index (χ3n) is 7.17. The van der Waals surface area contributed by atoms with Gasteiger partial charge in [0.15, 0.2) is 0 Å². The van der Waals surface area contributed by atoms with Gasteiger partial charge >= 0.3 is 6.18 Å². The second-order valence-electron chi connectivity index (χ2n) is 11.2. The van der Waals surface area contributed by atoms with Crippen LogP contribution in [0.5, 0.6) is 5.75 Å². The standard InChI is InChI=1S/C34H43F4N3O3/c1-3-11-41(23-27-14-24(2)15-28(16-27)33(39)43)12-4-5-13-44-32-19-25(18-30(35)20-32)9-10-31(42)22-40-21-26-7-6-8-29(17-26)34(36,37)38/h6-8,14-20,31,40,42H,3-5,9-13,21-23H2,1-2H3,(H2,39,43)/t31-/m0/s1. The molecular weight excluding hydrogens is 574 g/mol. The second kappa shape index (κ2) is 17.1. The van der Waals surface area contributed by atoms with Gasteiger partial charge in [-0.25, -0.2) is 4.39 Å². The molecule has 1 amide bonds. The van der Waals surface area contributed by atoms with Crippen LogP contribution in [0.25, 0.3) is 0 Å². The maximum atomic E-state index is 14.3. The van der Waals surface area contributed by atoms with Crippen molar-refractivity contribution in [2.45, 2.75) is 71.3 Å². The number of nitrogens with one attached hydrogen (secondary N) is 1. The topological polar surface area (TPSA) is 87.8 Å². The van der Waals surface area contributed by atoms with E-state index in [0.29, 0.717) is 41.9 Å². The molecule has 0 aromatic heterocycles. The highest BCUT2D eigenvalue weighted by Crippen LogP contribution is 2.29. The van der Waals surface area contributed by atoms with Gasteiger partial charge in [0.25, 0.3) is 0 Å². The first-order valence-corrected chi connectivity index (χ1v) is 15.0. The number of ether oxygens (including phenoxy) is 1. The predicted molar refractivity (Wildman–Crippen MR) is 164 cm³/mol. The van der Waals surface area contributed by atoms with E-state index in [-0.39, 0.29) is 13.1 Å². The third-order valence-corrected chi connectivity index (χ3v) is 7.17. The summed E-state index contributed by atoms with van der Waals surface area (Å²) in [6, 6.07) is 15.3. The molecule has 0 aliphatic rings. The van der Waals surface area contributed by atoms with E-state index in [4.69, 9.17) is 10.5 Å². The lowest BCUT2D eigenvalue weighted by Gasteiger charge is -2.22. The van der Waals surface area contributed by atoms with Crippen molar-refractivity contribution in [3.05, 3.63) is 99.9 Å². The first-order valence-electron chi connectivity index (χ1n) is 15.0. The molecule has 0 bridgehead atoms. The lowest BCUT2D eigenvalue weighted by atomic mass is 10.1. The van der Waals surface area contributed by atoms with Gasteiger partial charge in [-0.05, 0) is 99.1 Å². The Balaban J connectivity index is 1.40. The van der Waals surface area contributed by atoms with Crippen molar-refractivity contribution < 1.29 is 32.2 Å². The zero-order valence-electron chi connectivity index (χ0n) is 25.4. The molecule has 0 fully saturated rings. The fourth-order valence-electron chi connectivity index (χ4n) is 5.09. The Morgan fingerprint density at radius 1 is 1.02 bits per heavy atom. The van der Waals surface area contributed by atoms with Crippen molar-refractivity contribution in [2.24, 2.45) is 5.73 Å². The number of amides is 1. The van der Waals surface area contributed by atoms with Gasteiger partial charge in [-0.1, -0.05) is 36.8 Å². The van der Waals surface area contributed by atoms with Gasteiger partial charge in [-0.3, -0.25) is 9.69 Å². The predicted octanol–water partition coefficient (Wildman–Crippen LogP) is 6.41. The van der Waals surface area contributed by atoms with Crippen LogP contribution in [-0.2, 0) is 25.7 Å². The Labute approximate surface area is 257 Å². The normalized spacial score (nSPS) is 12.5. The van der Waals surface area contributed by atoms with Crippen LogP contribution in [0.1, 0.15) is 70.8 Å². The summed E-state index contributed by atoms with van der Waals surface area (Å²) in [5.41, 5.74) is 8.49. The number of hydrogen-bond donors (Lipinski definition) is 3. The van der Waals surface area contributed by atoms with Crippen LogP contribution in [-0.4, -0.2) is 48.3 Å². The Morgan fingerprint density at radius 3 is 2.55 bits per heavy atom. The van der Waals surface area contributed by atoms with Gasteiger partial charge in [0.1, 0.15) is 11.6 Å².